The van der Waals surface area contributed by atoms with Crippen LogP contribution in [0, 0.1) is 5.92 Å². The van der Waals surface area contributed by atoms with Gasteiger partial charge in [-0.2, -0.15) is 0 Å². The summed E-state index contributed by atoms with van der Waals surface area (Å²) in [6.07, 6.45) is 3.71. The lowest BCUT2D eigenvalue weighted by Crippen LogP contribution is -2.35. The predicted octanol–water partition coefficient (Wildman–Crippen LogP) is 4.37. The Morgan fingerprint density at radius 2 is 1.87 bits per heavy atom. The highest BCUT2D eigenvalue weighted by Gasteiger charge is 2.26. The van der Waals surface area contributed by atoms with Gasteiger partial charge >= 0.3 is 0 Å². The summed E-state index contributed by atoms with van der Waals surface area (Å²) in [6, 6.07) is 16.2. The smallest absolute Gasteiger partial charge is 0.166 e. The second kappa shape index (κ2) is 11.1. The average molecular weight is 513 g/mol. The standard InChI is InChI=1S/C30H36N6O2/c1-19-26(16-29(31)33-18-32-20(2)34-19)28-15-24-14-21(4-9-27(24)35-28)17-36-12-10-23(11-13-36)30(37)22-5-7-25(38-3)8-6-22/h4-9,14-16,23,33,35H,10-13,17-18,31H2,1-3H3,(H,32,34)/b26-19-,29-16-. The van der Waals surface area contributed by atoms with E-state index in [0.29, 0.717) is 12.5 Å². The second-order valence-electron chi connectivity index (χ2n) is 10.1. The van der Waals surface area contributed by atoms with E-state index in [1.807, 2.05) is 44.2 Å². The van der Waals surface area contributed by atoms with Crippen LogP contribution in [0.1, 0.15) is 48.3 Å². The number of hydrogen-bond acceptors (Lipinski definition) is 7. The van der Waals surface area contributed by atoms with Crippen molar-refractivity contribution in [2.24, 2.45) is 16.6 Å². The lowest BCUT2D eigenvalue weighted by molar-refractivity contribution is 0.0835. The molecule has 0 atom stereocenters. The summed E-state index contributed by atoms with van der Waals surface area (Å²) >= 11 is 0. The predicted molar refractivity (Wildman–Crippen MR) is 153 cm³/mol. The van der Waals surface area contributed by atoms with E-state index in [0.717, 1.165) is 77.5 Å². The zero-order valence-electron chi connectivity index (χ0n) is 22.3. The molecule has 1 saturated heterocycles. The third-order valence-electron chi connectivity index (χ3n) is 7.39. The Balaban J connectivity index is 1.26. The Bertz CT molecular complexity index is 1410. The number of likely N-dealkylation sites (tertiary alicyclic amines) is 1. The van der Waals surface area contributed by atoms with Crippen molar-refractivity contribution in [3.63, 3.8) is 0 Å². The molecule has 0 bridgehead atoms. The first-order valence-electron chi connectivity index (χ1n) is 13.1. The van der Waals surface area contributed by atoms with Gasteiger partial charge in [0.1, 0.15) is 12.4 Å². The fourth-order valence-electron chi connectivity index (χ4n) is 5.25. The number of piperidine rings is 1. The molecule has 3 heterocycles. The van der Waals surface area contributed by atoms with Crippen molar-refractivity contribution in [3.05, 3.63) is 82.9 Å². The third kappa shape index (κ3) is 5.75. The number of hydrogen-bond donors (Lipinski definition) is 4. The highest BCUT2D eigenvalue weighted by atomic mass is 16.5. The van der Waals surface area contributed by atoms with Crippen molar-refractivity contribution in [2.45, 2.75) is 33.2 Å². The summed E-state index contributed by atoms with van der Waals surface area (Å²) in [6.45, 7) is 7.11. The van der Waals surface area contributed by atoms with Crippen LogP contribution in [-0.2, 0) is 6.54 Å². The lowest BCUT2D eigenvalue weighted by Gasteiger charge is -2.31. The number of fused-ring (bicyclic) bond motifs is 1. The van der Waals surface area contributed by atoms with Crippen LogP contribution in [0.5, 0.6) is 5.75 Å². The third-order valence-corrected chi connectivity index (χ3v) is 7.39. The summed E-state index contributed by atoms with van der Waals surface area (Å²) in [4.78, 5) is 23.4. The molecule has 0 spiro atoms. The highest BCUT2D eigenvalue weighted by Crippen LogP contribution is 2.27. The lowest BCUT2D eigenvalue weighted by atomic mass is 9.88. The molecule has 2 aliphatic heterocycles. The summed E-state index contributed by atoms with van der Waals surface area (Å²) in [5.74, 6) is 2.50. The highest BCUT2D eigenvalue weighted by molar-refractivity contribution is 5.98. The molecule has 3 aromatic rings. The van der Waals surface area contributed by atoms with Crippen LogP contribution in [0.2, 0.25) is 0 Å². The van der Waals surface area contributed by atoms with E-state index in [1.54, 1.807) is 7.11 Å². The SMILES string of the molecule is COc1ccc(C(=O)C2CCN(Cc3ccc4[nH]c(C5=C(/C)N/C(C)=N\CN/C(N)=C\5)cc4c3)CC2)cc1. The minimum Gasteiger partial charge on any atom is -0.497 e. The van der Waals surface area contributed by atoms with E-state index in [-0.39, 0.29) is 11.7 Å². The molecular weight excluding hydrogens is 476 g/mol. The van der Waals surface area contributed by atoms with Crippen LogP contribution < -0.4 is 21.1 Å². The first-order chi connectivity index (χ1) is 18.4. The number of aliphatic imine (C=N–C) groups is 1. The Morgan fingerprint density at radius 3 is 2.61 bits per heavy atom. The monoisotopic (exact) mass is 512 g/mol. The van der Waals surface area contributed by atoms with E-state index in [4.69, 9.17) is 10.5 Å². The molecule has 0 radical (unpaired) electrons. The number of amidine groups is 1. The number of rotatable bonds is 6. The Morgan fingerprint density at radius 1 is 1.11 bits per heavy atom. The van der Waals surface area contributed by atoms with Gasteiger partial charge in [-0.15, -0.1) is 0 Å². The summed E-state index contributed by atoms with van der Waals surface area (Å²) in [5.41, 5.74) is 12.3. The van der Waals surface area contributed by atoms with E-state index in [2.05, 4.69) is 49.8 Å². The maximum Gasteiger partial charge on any atom is 0.166 e. The first kappa shape index (κ1) is 25.6. The van der Waals surface area contributed by atoms with Crippen LogP contribution >= 0.6 is 0 Å². The zero-order chi connectivity index (χ0) is 26.6. The Kier molecular flexibility index (Phi) is 7.51. The largest absolute Gasteiger partial charge is 0.497 e. The number of nitrogens with one attached hydrogen (secondary N) is 3. The van der Waals surface area contributed by atoms with Crippen LogP contribution in [0.4, 0.5) is 0 Å². The molecule has 2 aromatic carbocycles. The molecule has 0 unspecified atom stereocenters. The van der Waals surface area contributed by atoms with Gasteiger partial charge in [0.05, 0.1) is 18.8 Å². The van der Waals surface area contributed by atoms with E-state index < -0.39 is 0 Å². The molecular formula is C30H36N6O2. The fourth-order valence-corrected chi connectivity index (χ4v) is 5.25. The molecule has 0 aliphatic carbocycles. The molecule has 38 heavy (non-hydrogen) atoms. The van der Waals surface area contributed by atoms with Crippen LogP contribution in [0.3, 0.4) is 0 Å². The quantitative estimate of drug-likeness (QED) is 0.365. The van der Waals surface area contributed by atoms with Gasteiger partial charge < -0.3 is 26.1 Å². The number of ether oxygens (including phenoxy) is 1. The van der Waals surface area contributed by atoms with Crippen molar-refractivity contribution in [1.29, 1.82) is 0 Å². The van der Waals surface area contributed by atoms with Gasteiger partial charge in [0.2, 0.25) is 0 Å². The number of nitrogens with zero attached hydrogens (tertiary/aromatic N) is 2. The molecule has 8 heteroatoms. The average Bonchev–Trinajstić information content (AvgIpc) is 3.36. The molecule has 198 valence electrons. The van der Waals surface area contributed by atoms with E-state index in [9.17, 15) is 4.79 Å². The summed E-state index contributed by atoms with van der Waals surface area (Å²) < 4.78 is 5.21. The minimum absolute atomic E-state index is 0.0797. The van der Waals surface area contributed by atoms with E-state index in [1.165, 1.54) is 5.56 Å². The second-order valence-corrected chi connectivity index (χ2v) is 10.1. The van der Waals surface area contributed by atoms with E-state index >= 15 is 0 Å². The normalized spacial score (nSPS) is 22.2. The molecule has 2 aliphatic rings. The van der Waals surface area contributed by atoms with Crippen LogP contribution in [0.25, 0.3) is 16.5 Å². The molecule has 5 N–H and O–H groups in total. The molecule has 5 rings (SSSR count). The van der Waals surface area contributed by atoms with Gasteiger partial charge in [0, 0.05) is 45.9 Å². The van der Waals surface area contributed by atoms with Gasteiger partial charge in [-0.3, -0.25) is 14.7 Å². The summed E-state index contributed by atoms with van der Waals surface area (Å²) in [7, 11) is 1.64. The number of ketones is 1. The number of methoxy groups -OCH3 is 1. The number of benzene rings is 2. The topological polar surface area (TPSA) is 108 Å². The molecule has 1 aromatic heterocycles. The Labute approximate surface area is 223 Å². The number of Topliss-reactive ketones (excluding diaryl/α,β-unsaturated/α-hetero) is 1. The van der Waals surface area contributed by atoms with Gasteiger partial charge in [0.15, 0.2) is 5.78 Å². The fraction of sp³-hybridized carbons (Fsp3) is 0.333. The van der Waals surface area contributed by atoms with Crippen molar-refractivity contribution in [2.75, 3.05) is 26.9 Å². The van der Waals surface area contributed by atoms with Gasteiger partial charge in [-0.25, -0.2) is 0 Å². The molecule has 8 nitrogen and oxygen atoms in total. The number of aromatic nitrogens is 1. The molecule has 1 fully saturated rings. The van der Waals surface area contributed by atoms with Crippen molar-refractivity contribution in [1.82, 2.24) is 20.5 Å². The molecule has 0 amide bonds. The van der Waals surface area contributed by atoms with Crippen LogP contribution in [0.15, 0.2) is 71.1 Å². The maximum absolute atomic E-state index is 13.0. The summed E-state index contributed by atoms with van der Waals surface area (Å²) in [5, 5.41) is 7.64. The number of aromatic amines is 1. The number of allylic oxidation sites excluding steroid dienone is 3. The first-order valence-corrected chi connectivity index (χ1v) is 13.1. The Hall–Kier alpha value is -4.04. The van der Waals surface area contributed by atoms with Gasteiger partial charge in [-0.05, 0) is 93.9 Å². The number of nitrogens with two attached hydrogens (primary N) is 1. The number of carbonyl (C=O) groups is 1. The van der Waals surface area contributed by atoms with Crippen molar-refractivity contribution in [3.8, 4) is 5.75 Å². The number of H-pyrrole nitrogens is 1. The maximum atomic E-state index is 13.0. The van der Waals surface area contributed by atoms with Crippen molar-refractivity contribution < 1.29 is 9.53 Å². The number of carbonyl (C=O) groups excluding carboxylic acids is 1. The van der Waals surface area contributed by atoms with Crippen LogP contribution in [-0.4, -0.2) is 48.4 Å². The van der Waals surface area contributed by atoms with Gasteiger partial charge in [0.25, 0.3) is 0 Å². The molecule has 0 saturated carbocycles. The van der Waals surface area contributed by atoms with Gasteiger partial charge in [-0.1, -0.05) is 6.07 Å². The zero-order valence-corrected chi connectivity index (χ0v) is 22.3. The minimum atomic E-state index is 0.0797. The van der Waals surface area contributed by atoms with Crippen molar-refractivity contribution >= 4 is 28.1 Å².